The van der Waals surface area contributed by atoms with Crippen LogP contribution >= 0.6 is 22.7 Å². The van der Waals surface area contributed by atoms with E-state index in [4.69, 9.17) is 0 Å². The van der Waals surface area contributed by atoms with E-state index in [0.29, 0.717) is 21.1 Å². The van der Waals surface area contributed by atoms with Gasteiger partial charge >= 0.3 is 12.2 Å². The minimum absolute atomic E-state index is 0.212. The lowest BCUT2D eigenvalue weighted by Crippen LogP contribution is -2.28. The van der Waals surface area contributed by atoms with Crippen LogP contribution in [0.4, 0.5) is 19.9 Å². The molecule has 2 amide bonds. The maximum atomic E-state index is 12.9. The third-order valence-corrected chi connectivity index (χ3v) is 5.90. The number of ketones is 1. The van der Waals surface area contributed by atoms with Crippen LogP contribution in [0.2, 0.25) is 0 Å². The number of nitrogens with zero attached hydrogens (tertiary/aromatic N) is 4. The molecular formula is C15H18N4O5S2. The molecule has 0 saturated heterocycles. The van der Waals surface area contributed by atoms with Crippen LogP contribution in [0, 0.1) is 13.8 Å². The summed E-state index contributed by atoms with van der Waals surface area (Å²) in [6.45, 7) is 7.05. The van der Waals surface area contributed by atoms with Gasteiger partial charge in [-0.1, -0.05) is 22.7 Å². The average Bonchev–Trinajstić information content (AvgIpc) is 3.11. The Bertz CT molecular complexity index is 792. The SMILES string of the molecule is CCN(C(=O)O)c1nc(C)c(C(=O)c2sc(N(CC)C(=O)O)nc2C)s1. The van der Waals surface area contributed by atoms with Crippen molar-refractivity contribution in [1.82, 2.24) is 9.97 Å². The van der Waals surface area contributed by atoms with Crippen LogP contribution < -0.4 is 9.80 Å². The predicted octanol–water partition coefficient (Wildman–Crippen LogP) is 3.46. The van der Waals surface area contributed by atoms with Gasteiger partial charge < -0.3 is 10.2 Å². The third kappa shape index (κ3) is 3.68. The van der Waals surface area contributed by atoms with Crippen LogP contribution in [0.15, 0.2) is 0 Å². The number of thiazole rings is 2. The number of hydrogen-bond acceptors (Lipinski definition) is 7. The highest BCUT2D eigenvalue weighted by Gasteiger charge is 2.27. The molecular weight excluding hydrogens is 380 g/mol. The topological polar surface area (TPSA) is 124 Å². The van der Waals surface area contributed by atoms with Crippen molar-refractivity contribution in [2.24, 2.45) is 0 Å². The van der Waals surface area contributed by atoms with Crippen molar-refractivity contribution in [3.63, 3.8) is 0 Å². The van der Waals surface area contributed by atoms with E-state index in [1.165, 1.54) is 0 Å². The lowest BCUT2D eigenvalue weighted by molar-refractivity contribution is 0.104. The standard InChI is InChI=1S/C15H18N4O5S2/c1-5-18(14(21)22)12-16-7(3)10(25-12)9(20)11-8(4)17-13(26-11)19(6-2)15(23)24/h5-6H2,1-4H3,(H,21,22)(H,23,24). The molecule has 2 heterocycles. The van der Waals surface area contributed by atoms with Gasteiger partial charge in [0.05, 0.1) is 11.4 Å². The van der Waals surface area contributed by atoms with Gasteiger partial charge in [0.1, 0.15) is 9.75 Å². The number of rotatable bonds is 6. The van der Waals surface area contributed by atoms with E-state index in [2.05, 4.69) is 9.97 Å². The zero-order valence-electron chi connectivity index (χ0n) is 14.6. The van der Waals surface area contributed by atoms with Crippen LogP contribution in [0.3, 0.4) is 0 Å². The fourth-order valence-corrected chi connectivity index (χ4v) is 4.43. The van der Waals surface area contributed by atoms with Crippen molar-refractivity contribution in [1.29, 1.82) is 0 Å². The summed E-state index contributed by atoms with van der Waals surface area (Å²) in [6, 6.07) is 0. The van der Waals surface area contributed by atoms with Crippen molar-refractivity contribution in [3.8, 4) is 0 Å². The molecule has 0 atom stereocenters. The third-order valence-electron chi connectivity index (χ3n) is 3.54. The minimum atomic E-state index is -1.14. The maximum Gasteiger partial charge on any atom is 0.413 e. The molecule has 0 bridgehead atoms. The molecule has 140 valence electrons. The van der Waals surface area contributed by atoms with Gasteiger partial charge in [-0.15, -0.1) is 0 Å². The highest BCUT2D eigenvalue weighted by atomic mass is 32.1. The molecule has 0 aliphatic rings. The van der Waals surface area contributed by atoms with E-state index in [1.54, 1.807) is 27.7 Å². The Morgan fingerprint density at radius 3 is 1.46 bits per heavy atom. The summed E-state index contributed by atoms with van der Waals surface area (Å²) in [6.07, 6.45) is -2.28. The summed E-state index contributed by atoms with van der Waals surface area (Å²) < 4.78 is 0. The van der Waals surface area contributed by atoms with Crippen molar-refractivity contribution < 1.29 is 24.6 Å². The summed E-state index contributed by atoms with van der Waals surface area (Å²) in [5.74, 6) is -0.338. The van der Waals surface area contributed by atoms with Gasteiger partial charge in [-0.05, 0) is 27.7 Å². The van der Waals surface area contributed by atoms with Crippen molar-refractivity contribution in [3.05, 3.63) is 21.1 Å². The second kappa shape index (κ2) is 7.79. The van der Waals surface area contributed by atoms with Gasteiger partial charge in [0, 0.05) is 13.1 Å². The Kier molecular flexibility index (Phi) is 5.93. The van der Waals surface area contributed by atoms with Gasteiger partial charge in [0.2, 0.25) is 5.78 Å². The average molecular weight is 398 g/mol. The van der Waals surface area contributed by atoms with E-state index in [-0.39, 0.29) is 29.1 Å². The molecule has 11 heteroatoms. The molecule has 2 aromatic rings. The highest BCUT2D eigenvalue weighted by Crippen LogP contribution is 2.33. The number of carbonyl (C=O) groups is 3. The zero-order valence-corrected chi connectivity index (χ0v) is 16.3. The summed E-state index contributed by atoms with van der Waals surface area (Å²) in [7, 11) is 0. The molecule has 2 N–H and O–H groups in total. The molecule has 0 fully saturated rings. The first-order valence-corrected chi connectivity index (χ1v) is 9.34. The predicted molar refractivity (Wildman–Crippen MR) is 99.2 cm³/mol. The van der Waals surface area contributed by atoms with Gasteiger partial charge in [-0.2, -0.15) is 0 Å². The van der Waals surface area contributed by atoms with Crippen LogP contribution in [-0.4, -0.2) is 51.2 Å². The molecule has 0 aliphatic heterocycles. The Balaban J connectivity index is 2.41. The second-order valence-electron chi connectivity index (χ2n) is 5.20. The monoisotopic (exact) mass is 398 g/mol. The van der Waals surface area contributed by atoms with Crippen LogP contribution in [0.25, 0.3) is 0 Å². The van der Waals surface area contributed by atoms with E-state index in [9.17, 15) is 24.6 Å². The Labute approximate surface area is 157 Å². The quantitative estimate of drug-likeness (QED) is 0.714. The van der Waals surface area contributed by atoms with Crippen LogP contribution in [0.5, 0.6) is 0 Å². The van der Waals surface area contributed by atoms with E-state index in [0.717, 1.165) is 32.5 Å². The molecule has 2 aromatic heterocycles. The van der Waals surface area contributed by atoms with Crippen molar-refractivity contribution in [2.45, 2.75) is 27.7 Å². The molecule has 0 saturated carbocycles. The molecule has 0 aliphatic carbocycles. The van der Waals surface area contributed by atoms with Gasteiger partial charge in [0.25, 0.3) is 0 Å². The fourth-order valence-electron chi connectivity index (χ4n) is 2.22. The summed E-state index contributed by atoms with van der Waals surface area (Å²) in [5, 5.41) is 18.9. The first-order chi connectivity index (χ1) is 12.2. The smallest absolute Gasteiger partial charge is 0.413 e. The number of anilines is 2. The minimum Gasteiger partial charge on any atom is -0.465 e. The van der Waals surface area contributed by atoms with E-state index in [1.807, 2.05) is 0 Å². The molecule has 0 radical (unpaired) electrons. The lowest BCUT2D eigenvalue weighted by Gasteiger charge is -2.12. The number of hydrogen-bond donors (Lipinski definition) is 2. The first kappa shape index (κ1) is 19.8. The molecule has 0 spiro atoms. The molecule has 2 rings (SSSR count). The normalized spacial score (nSPS) is 10.6. The zero-order chi connectivity index (χ0) is 19.6. The number of aromatic nitrogens is 2. The van der Waals surface area contributed by atoms with Gasteiger partial charge in [-0.3, -0.25) is 14.6 Å². The van der Waals surface area contributed by atoms with Crippen molar-refractivity contribution in [2.75, 3.05) is 22.9 Å². The highest BCUT2D eigenvalue weighted by molar-refractivity contribution is 7.21. The summed E-state index contributed by atoms with van der Waals surface area (Å²) in [4.78, 5) is 46.5. The van der Waals surface area contributed by atoms with Crippen LogP contribution in [0.1, 0.15) is 39.8 Å². The summed E-state index contributed by atoms with van der Waals surface area (Å²) >= 11 is 1.99. The number of carboxylic acid groups (broad SMARTS) is 2. The van der Waals surface area contributed by atoms with Crippen LogP contribution in [-0.2, 0) is 0 Å². The number of amides is 2. The fraction of sp³-hybridized carbons (Fsp3) is 0.400. The first-order valence-electron chi connectivity index (χ1n) is 7.71. The maximum absolute atomic E-state index is 12.9. The molecule has 9 nitrogen and oxygen atoms in total. The largest absolute Gasteiger partial charge is 0.465 e. The van der Waals surface area contributed by atoms with Gasteiger partial charge in [0.15, 0.2) is 10.3 Å². The van der Waals surface area contributed by atoms with Gasteiger partial charge in [-0.25, -0.2) is 19.6 Å². The number of carbonyl (C=O) groups excluding carboxylic acids is 1. The molecule has 0 aromatic carbocycles. The lowest BCUT2D eigenvalue weighted by atomic mass is 10.2. The number of aryl methyl sites for hydroxylation is 2. The Morgan fingerprint density at radius 1 is 0.846 bits per heavy atom. The Morgan fingerprint density at radius 2 is 1.19 bits per heavy atom. The summed E-state index contributed by atoms with van der Waals surface area (Å²) in [5.41, 5.74) is 0.851. The van der Waals surface area contributed by atoms with E-state index >= 15 is 0 Å². The second-order valence-corrected chi connectivity index (χ2v) is 7.16. The molecule has 26 heavy (non-hydrogen) atoms. The van der Waals surface area contributed by atoms with Crippen molar-refractivity contribution >= 4 is 50.9 Å². The Hall–Kier alpha value is -2.53. The van der Waals surface area contributed by atoms with E-state index < -0.39 is 12.2 Å². The molecule has 0 unspecified atom stereocenters.